The van der Waals surface area contributed by atoms with Crippen molar-refractivity contribution >= 4 is 0 Å². The molecule has 1 aliphatic rings. The van der Waals surface area contributed by atoms with Gasteiger partial charge in [-0.1, -0.05) is 196 Å². The zero-order valence-corrected chi connectivity index (χ0v) is 31.9. The summed E-state index contributed by atoms with van der Waals surface area (Å²) in [6.07, 6.45) is 39.7. The number of hydrogen-bond acceptors (Lipinski definition) is 3. The van der Waals surface area contributed by atoms with E-state index >= 15 is 0 Å². The van der Waals surface area contributed by atoms with Crippen LogP contribution in [0.4, 0.5) is 0 Å². The SMILES string of the molecule is C1#CCCCCCCCCCCCCCCCCOCC(COCc2ccccc2)OCCCCCCCCCCCCCCCCC#C1. The Hall–Kier alpha value is -1.78. The maximum atomic E-state index is 6.27. The van der Waals surface area contributed by atoms with Gasteiger partial charge in [0.15, 0.2) is 0 Å². The number of hydrogen-bond donors (Lipinski definition) is 0. The van der Waals surface area contributed by atoms with Crippen molar-refractivity contribution in [1.29, 1.82) is 0 Å². The standard InChI is InChI=1S/C46H76O3/c1-2-4-6-8-10-12-14-16-18-20-22-24-26-28-30-32-37-41-49-46(44-48-42-45-38-34-33-35-39-45)43-47-40-36-31-29-27-25-23-21-19-17-15-13-11-9-7-5-3-1/h33-35,38-39,46H,5-32,36-37,40-44H2. The second kappa shape index (κ2) is 36.0. The number of rotatable bonds is 4. The molecule has 0 saturated heterocycles. The first kappa shape index (κ1) is 43.4. The Morgan fingerprint density at radius 1 is 0.469 bits per heavy atom. The lowest BCUT2D eigenvalue weighted by Gasteiger charge is -2.18. The van der Waals surface area contributed by atoms with Crippen molar-refractivity contribution in [3.05, 3.63) is 35.9 Å². The smallest absolute Gasteiger partial charge is 0.104 e. The monoisotopic (exact) mass is 677 g/mol. The summed E-state index contributed by atoms with van der Waals surface area (Å²) in [5.74, 6) is 12.7. The third-order valence-electron chi connectivity index (χ3n) is 9.85. The van der Waals surface area contributed by atoms with Crippen LogP contribution in [0.3, 0.4) is 0 Å². The van der Waals surface area contributed by atoms with Gasteiger partial charge >= 0.3 is 0 Å². The maximum Gasteiger partial charge on any atom is 0.104 e. The van der Waals surface area contributed by atoms with Gasteiger partial charge in [0.1, 0.15) is 6.10 Å². The molecule has 278 valence electrons. The summed E-state index contributed by atoms with van der Waals surface area (Å²) < 4.78 is 18.4. The minimum Gasteiger partial charge on any atom is -0.379 e. The van der Waals surface area contributed by atoms with Gasteiger partial charge in [-0.15, -0.1) is 0 Å². The fourth-order valence-electron chi connectivity index (χ4n) is 6.68. The quantitative estimate of drug-likeness (QED) is 0.297. The lowest BCUT2D eigenvalue weighted by atomic mass is 10.0. The van der Waals surface area contributed by atoms with Crippen LogP contribution in [-0.4, -0.2) is 32.5 Å². The van der Waals surface area contributed by atoms with Crippen molar-refractivity contribution < 1.29 is 14.2 Å². The molecule has 1 aromatic carbocycles. The Labute approximate surface area is 304 Å². The van der Waals surface area contributed by atoms with Crippen LogP contribution >= 0.6 is 0 Å². The summed E-state index contributed by atoms with van der Waals surface area (Å²) in [4.78, 5) is 0. The molecular formula is C46H76O3. The molecule has 0 N–H and O–H groups in total. The summed E-state index contributed by atoms with van der Waals surface area (Å²) in [7, 11) is 0. The van der Waals surface area contributed by atoms with Gasteiger partial charge in [0.2, 0.25) is 0 Å². The van der Waals surface area contributed by atoms with Gasteiger partial charge in [-0.3, -0.25) is 0 Å². The van der Waals surface area contributed by atoms with Crippen LogP contribution in [0.2, 0.25) is 0 Å². The molecule has 0 aromatic heterocycles. The summed E-state index contributed by atoms with van der Waals surface area (Å²) >= 11 is 0. The minimum atomic E-state index is 0.0212. The molecule has 2 rings (SSSR count). The molecule has 0 spiro atoms. The van der Waals surface area contributed by atoms with Crippen molar-refractivity contribution in [2.75, 3.05) is 26.4 Å². The third-order valence-corrected chi connectivity index (χ3v) is 9.85. The predicted octanol–water partition coefficient (Wildman–Crippen LogP) is 13.3. The number of ether oxygens (including phenoxy) is 3. The molecule has 1 heterocycles. The van der Waals surface area contributed by atoms with E-state index in [1.165, 1.54) is 173 Å². The lowest BCUT2D eigenvalue weighted by molar-refractivity contribution is -0.0645. The fourth-order valence-corrected chi connectivity index (χ4v) is 6.68. The van der Waals surface area contributed by atoms with Crippen LogP contribution in [0.1, 0.15) is 198 Å². The van der Waals surface area contributed by atoms with Gasteiger partial charge in [-0.05, 0) is 43.1 Å². The third kappa shape index (κ3) is 30.7. The zero-order valence-electron chi connectivity index (χ0n) is 31.9. The Morgan fingerprint density at radius 2 is 0.857 bits per heavy atom. The molecule has 0 bridgehead atoms. The highest BCUT2D eigenvalue weighted by Crippen LogP contribution is 2.15. The van der Waals surface area contributed by atoms with Gasteiger partial charge in [-0.25, -0.2) is 0 Å². The molecule has 3 heteroatoms. The van der Waals surface area contributed by atoms with E-state index in [0.717, 1.165) is 38.9 Å². The van der Waals surface area contributed by atoms with E-state index in [-0.39, 0.29) is 6.10 Å². The van der Waals surface area contributed by atoms with Gasteiger partial charge in [0.25, 0.3) is 0 Å². The van der Waals surface area contributed by atoms with E-state index in [1.54, 1.807) is 0 Å². The largest absolute Gasteiger partial charge is 0.379 e. The average Bonchev–Trinajstić information content (AvgIpc) is 3.12. The predicted molar refractivity (Wildman–Crippen MR) is 211 cm³/mol. The van der Waals surface area contributed by atoms with Crippen LogP contribution in [0, 0.1) is 23.7 Å². The Kier molecular flexibility index (Phi) is 31.9. The Morgan fingerprint density at radius 3 is 1.31 bits per heavy atom. The topological polar surface area (TPSA) is 27.7 Å². The highest BCUT2D eigenvalue weighted by molar-refractivity contribution is 5.25. The summed E-state index contributed by atoms with van der Waals surface area (Å²) in [5, 5.41) is 0. The van der Waals surface area contributed by atoms with Gasteiger partial charge in [0, 0.05) is 26.1 Å². The molecule has 1 atom stereocenters. The summed E-state index contributed by atoms with van der Waals surface area (Å²) in [6.45, 7) is 3.51. The molecule has 1 aliphatic heterocycles. The van der Waals surface area contributed by atoms with Crippen molar-refractivity contribution in [1.82, 2.24) is 0 Å². The highest BCUT2D eigenvalue weighted by atomic mass is 16.6. The van der Waals surface area contributed by atoms with Gasteiger partial charge in [-0.2, -0.15) is 0 Å². The van der Waals surface area contributed by atoms with Crippen LogP contribution in [-0.2, 0) is 20.8 Å². The Balaban J connectivity index is 1.61. The van der Waals surface area contributed by atoms with Crippen LogP contribution in [0.5, 0.6) is 0 Å². The first-order chi connectivity index (χ1) is 24.4. The second-order valence-corrected chi connectivity index (χ2v) is 14.6. The Bertz CT molecular complexity index is 936. The molecule has 0 aliphatic carbocycles. The zero-order chi connectivity index (χ0) is 34.4. The molecule has 1 unspecified atom stereocenters. The maximum absolute atomic E-state index is 6.27. The normalized spacial score (nSPS) is 21.9. The second-order valence-electron chi connectivity index (χ2n) is 14.6. The number of benzene rings is 1. The van der Waals surface area contributed by atoms with Crippen molar-refractivity contribution in [3.63, 3.8) is 0 Å². The molecule has 0 amide bonds. The molecule has 0 saturated carbocycles. The van der Waals surface area contributed by atoms with Gasteiger partial charge in [0.05, 0.1) is 19.8 Å². The van der Waals surface area contributed by atoms with Crippen LogP contribution < -0.4 is 0 Å². The molecular weight excluding hydrogens is 601 g/mol. The van der Waals surface area contributed by atoms with E-state index < -0.39 is 0 Å². The lowest BCUT2D eigenvalue weighted by Crippen LogP contribution is -2.26. The van der Waals surface area contributed by atoms with Crippen molar-refractivity contribution in [2.45, 2.75) is 205 Å². The van der Waals surface area contributed by atoms with E-state index in [4.69, 9.17) is 14.2 Å². The van der Waals surface area contributed by atoms with Crippen molar-refractivity contribution in [3.8, 4) is 23.7 Å². The van der Waals surface area contributed by atoms with Crippen molar-refractivity contribution in [2.24, 2.45) is 0 Å². The van der Waals surface area contributed by atoms with Crippen LogP contribution in [0.15, 0.2) is 30.3 Å². The van der Waals surface area contributed by atoms with E-state index in [9.17, 15) is 0 Å². The van der Waals surface area contributed by atoms with E-state index in [1.807, 2.05) is 0 Å². The van der Waals surface area contributed by atoms with E-state index in [2.05, 4.69) is 54.0 Å². The first-order valence-electron chi connectivity index (χ1n) is 21.2. The summed E-state index contributed by atoms with van der Waals surface area (Å²) in [5.41, 5.74) is 1.21. The molecule has 1 aromatic rings. The fraction of sp³-hybridized carbons (Fsp3) is 0.783. The average molecular weight is 677 g/mol. The highest BCUT2D eigenvalue weighted by Gasteiger charge is 2.10. The summed E-state index contributed by atoms with van der Waals surface area (Å²) in [6, 6.07) is 10.4. The van der Waals surface area contributed by atoms with Crippen LogP contribution in [0.25, 0.3) is 0 Å². The van der Waals surface area contributed by atoms with Gasteiger partial charge < -0.3 is 14.2 Å². The minimum absolute atomic E-state index is 0.0212. The molecule has 0 radical (unpaired) electrons. The van der Waals surface area contributed by atoms with E-state index in [0.29, 0.717) is 19.8 Å². The molecule has 0 fully saturated rings. The first-order valence-corrected chi connectivity index (χ1v) is 21.2. The molecule has 3 nitrogen and oxygen atoms in total. The molecule has 49 heavy (non-hydrogen) atoms.